The Morgan fingerprint density at radius 1 is 1.26 bits per heavy atom. The van der Waals surface area contributed by atoms with E-state index in [0.29, 0.717) is 28.2 Å². The first kappa shape index (κ1) is 18.6. The number of nitrogens with zero attached hydrogens (tertiary/aromatic N) is 2. The highest BCUT2D eigenvalue weighted by molar-refractivity contribution is 5.92. The second-order valence-corrected chi connectivity index (χ2v) is 6.34. The van der Waals surface area contributed by atoms with Crippen LogP contribution in [0.2, 0.25) is 0 Å². The maximum atomic E-state index is 12.4. The fourth-order valence-corrected chi connectivity index (χ4v) is 2.78. The SMILES string of the molecule is COc1cccc(NC(=O)CN(C)[C@@H](C)c2nc3ccccc3c(=O)[nH]2)c1. The zero-order chi connectivity index (χ0) is 19.4. The lowest BCUT2D eigenvalue weighted by Crippen LogP contribution is -2.33. The Bertz CT molecular complexity index is 1020. The largest absolute Gasteiger partial charge is 0.497 e. The van der Waals surface area contributed by atoms with E-state index < -0.39 is 0 Å². The van der Waals surface area contributed by atoms with Crippen LogP contribution in [0.15, 0.2) is 53.3 Å². The van der Waals surface area contributed by atoms with Crippen molar-refractivity contribution < 1.29 is 9.53 Å². The van der Waals surface area contributed by atoms with Gasteiger partial charge in [0.15, 0.2) is 0 Å². The van der Waals surface area contributed by atoms with Gasteiger partial charge in [0.1, 0.15) is 11.6 Å². The smallest absolute Gasteiger partial charge is 0.258 e. The topological polar surface area (TPSA) is 87.3 Å². The fourth-order valence-electron chi connectivity index (χ4n) is 2.78. The van der Waals surface area contributed by atoms with Crippen LogP contribution in [-0.2, 0) is 4.79 Å². The number of aromatic nitrogens is 2. The molecule has 3 rings (SSSR count). The Hall–Kier alpha value is -3.19. The Balaban J connectivity index is 1.70. The van der Waals surface area contributed by atoms with Crippen LogP contribution in [0.3, 0.4) is 0 Å². The second-order valence-electron chi connectivity index (χ2n) is 6.34. The van der Waals surface area contributed by atoms with Crippen molar-refractivity contribution in [3.05, 3.63) is 64.7 Å². The summed E-state index contributed by atoms with van der Waals surface area (Å²) >= 11 is 0. The van der Waals surface area contributed by atoms with Gasteiger partial charge in [0.25, 0.3) is 5.56 Å². The molecule has 1 atom stereocenters. The van der Waals surface area contributed by atoms with E-state index in [4.69, 9.17) is 4.74 Å². The number of fused-ring (bicyclic) bond motifs is 1. The number of benzene rings is 2. The van der Waals surface area contributed by atoms with Crippen LogP contribution in [0, 0.1) is 0 Å². The summed E-state index contributed by atoms with van der Waals surface area (Å²) in [5, 5.41) is 3.39. The van der Waals surface area contributed by atoms with Crippen LogP contribution in [-0.4, -0.2) is 41.5 Å². The Labute approximate surface area is 157 Å². The summed E-state index contributed by atoms with van der Waals surface area (Å²) in [7, 11) is 3.39. The standard InChI is InChI=1S/C20H22N4O3/c1-13(19-22-17-10-5-4-9-16(17)20(26)23-19)24(2)12-18(25)21-14-7-6-8-15(11-14)27-3/h4-11,13H,12H2,1-3H3,(H,21,25)(H,22,23,26)/t13-/m0/s1. The molecule has 2 aromatic carbocycles. The van der Waals surface area contributed by atoms with Crippen molar-refractivity contribution >= 4 is 22.5 Å². The van der Waals surface area contributed by atoms with Gasteiger partial charge in [-0.05, 0) is 38.2 Å². The number of para-hydroxylation sites is 1. The number of rotatable bonds is 6. The molecule has 1 amide bonds. The fraction of sp³-hybridized carbons (Fsp3) is 0.250. The quantitative estimate of drug-likeness (QED) is 0.700. The summed E-state index contributed by atoms with van der Waals surface area (Å²) in [6, 6.07) is 14.1. The van der Waals surface area contributed by atoms with Gasteiger partial charge in [-0.2, -0.15) is 0 Å². The van der Waals surface area contributed by atoms with Crippen LogP contribution < -0.4 is 15.6 Å². The van der Waals surface area contributed by atoms with Crippen molar-refractivity contribution in [2.75, 3.05) is 26.0 Å². The Morgan fingerprint density at radius 2 is 2.04 bits per heavy atom. The molecule has 0 bridgehead atoms. The number of aromatic amines is 1. The molecule has 2 N–H and O–H groups in total. The first-order valence-electron chi connectivity index (χ1n) is 8.61. The predicted octanol–water partition coefficient (Wildman–Crippen LogP) is 2.56. The molecular weight excluding hydrogens is 344 g/mol. The molecule has 0 aliphatic heterocycles. The van der Waals surface area contributed by atoms with Gasteiger partial charge >= 0.3 is 0 Å². The van der Waals surface area contributed by atoms with Crippen LogP contribution >= 0.6 is 0 Å². The van der Waals surface area contributed by atoms with E-state index in [0.717, 1.165) is 0 Å². The van der Waals surface area contributed by atoms with Crippen molar-refractivity contribution in [1.29, 1.82) is 0 Å². The lowest BCUT2D eigenvalue weighted by Gasteiger charge is -2.23. The van der Waals surface area contributed by atoms with Crippen molar-refractivity contribution in [2.45, 2.75) is 13.0 Å². The molecule has 1 aromatic heterocycles. The Morgan fingerprint density at radius 3 is 2.81 bits per heavy atom. The first-order valence-corrected chi connectivity index (χ1v) is 8.61. The van der Waals surface area contributed by atoms with Crippen LogP contribution in [0.1, 0.15) is 18.8 Å². The molecule has 3 aromatic rings. The molecule has 0 fully saturated rings. The van der Waals surface area contributed by atoms with Gasteiger partial charge in [0, 0.05) is 11.8 Å². The third-order valence-electron chi connectivity index (χ3n) is 4.43. The minimum absolute atomic E-state index is 0.148. The molecule has 0 aliphatic carbocycles. The number of carbonyl (C=O) groups excluding carboxylic acids is 1. The summed E-state index contributed by atoms with van der Waals surface area (Å²) in [5.74, 6) is 1.03. The summed E-state index contributed by atoms with van der Waals surface area (Å²) in [6.45, 7) is 2.04. The van der Waals surface area contributed by atoms with Gasteiger partial charge in [-0.1, -0.05) is 18.2 Å². The molecule has 7 heteroatoms. The van der Waals surface area contributed by atoms with Gasteiger partial charge in [0.2, 0.25) is 5.91 Å². The van der Waals surface area contributed by atoms with E-state index in [1.165, 1.54) is 0 Å². The second kappa shape index (κ2) is 8.01. The van der Waals surface area contributed by atoms with Gasteiger partial charge in [-0.25, -0.2) is 4.98 Å². The van der Waals surface area contributed by atoms with E-state index in [-0.39, 0.29) is 24.1 Å². The molecule has 0 spiro atoms. The van der Waals surface area contributed by atoms with Crippen molar-refractivity contribution in [1.82, 2.24) is 14.9 Å². The van der Waals surface area contributed by atoms with E-state index in [2.05, 4.69) is 15.3 Å². The zero-order valence-corrected chi connectivity index (χ0v) is 15.5. The first-order chi connectivity index (χ1) is 13.0. The molecule has 0 unspecified atom stereocenters. The molecule has 7 nitrogen and oxygen atoms in total. The predicted molar refractivity (Wildman–Crippen MR) is 105 cm³/mol. The minimum atomic E-state index is -0.238. The van der Waals surface area contributed by atoms with E-state index in [9.17, 15) is 9.59 Å². The summed E-state index contributed by atoms with van der Waals surface area (Å²) in [6.07, 6.45) is 0. The van der Waals surface area contributed by atoms with E-state index in [1.54, 1.807) is 37.4 Å². The van der Waals surface area contributed by atoms with Crippen LogP contribution in [0.25, 0.3) is 10.9 Å². The summed E-state index contributed by atoms with van der Waals surface area (Å²) in [4.78, 5) is 33.8. The van der Waals surface area contributed by atoms with Crippen molar-refractivity contribution in [3.8, 4) is 5.75 Å². The molecule has 0 radical (unpaired) electrons. The molecule has 140 valence electrons. The highest BCUT2D eigenvalue weighted by Gasteiger charge is 2.18. The van der Waals surface area contributed by atoms with Gasteiger partial charge < -0.3 is 15.0 Å². The van der Waals surface area contributed by atoms with Crippen LogP contribution in [0.4, 0.5) is 5.69 Å². The van der Waals surface area contributed by atoms with Gasteiger partial charge in [-0.3, -0.25) is 14.5 Å². The van der Waals surface area contributed by atoms with Crippen LogP contribution in [0.5, 0.6) is 5.75 Å². The number of methoxy groups -OCH3 is 1. The van der Waals surface area contributed by atoms with E-state index in [1.807, 2.05) is 37.1 Å². The molecule has 0 saturated carbocycles. The normalized spacial score (nSPS) is 12.1. The molecule has 27 heavy (non-hydrogen) atoms. The monoisotopic (exact) mass is 366 g/mol. The highest BCUT2D eigenvalue weighted by Crippen LogP contribution is 2.18. The Kier molecular flexibility index (Phi) is 5.52. The molecule has 0 saturated heterocycles. The third-order valence-corrected chi connectivity index (χ3v) is 4.43. The summed E-state index contributed by atoms with van der Waals surface area (Å²) in [5.41, 5.74) is 1.12. The average Bonchev–Trinajstić information content (AvgIpc) is 2.67. The van der Waals surface area contributed by atoms with Crippen molar-refractivity contribution in [3.63, 3.8) is 0 Å². The lowest BCUT2D eigenvalue weighted by atomic mass is 10.2. The summed E-state index contributed by atoms with van der Waals surface area (Å²) < 4.78 is 5.16. The van der Waals surface area contributed by atoms with Gasteiger partial charge in [-0.15, -0.1) is 0 Å². The highest BCUT2D eigenvalue weighted by atomic mass is 16.5. The number of carbonyl (C=O) groups is 1. The number of nitrogens with one attached hydrogen (secondary N) is 2. The number of H-pyrrole nitrogens is 1. The molecule has 1 heterocycles. The minimum Gasteiger partial charge on any atom is -0.497 e. The number of hydrogen-bond donors (Lipinski definition) is 2. The number of anilines is 1. The van der Waals surface area contributed by atoms with Gasteiger partial charge in [0.05, 0.1) is 30.6 Å². The average molecular weight is 366 g/mol. The maximum absolute atomic E-state index is 12.4. The van der Waals surface area contributed by atoms with Crippen molar-refractivity contribution in [2.24, 2.45) is 0 Å². The maximum Gasteiger partial charge on any atom is 0.258 e. The molecular formula is C20H22N4O3. The number of hydrogen-bond acceptors (Lipinski definition) is 5. The van der Waals surface area contributed by atoms with E-state index >= 15 is 0 Å². The number of likely N-dealkylation sites (N-methyl/N-ethyl adjacent to an activating group) is 1. The number of amides is 1. The lowest BCUT2D eigenvalue weighted by molar-refractivity contribution is -0.117. The third kappa shape index (κ3) is 4.32. The molecule has 0 aliphatic rings. The zero-order valence-electron chi connectivity index (χ0n) is 15.5. The number of ether oxygens (including phenoxy) is 1.